The molecule has 0 radical (unpaired) electrons. The first kappa shape index (κ1) is 20.6. The molecular formula is C23H27N3O3S. The van der Waals surface area contributed by atoms with Gasteiger partial charge in [-0.3, -0.25) is 4.79 Å². The fourth-order valence-electron chi connectivity index (χ4n) is 3.92. The molecule has 2 fully saturated rings. The van der Waals surface area contributed by atoms with Crippen LogP contribution in [0.25, 0.3) is 6.08 Å². The van der Waals surface area contributed by atoms with E-state index in [9.17, 15) is 13.2 Å². The normalized spacial score (nSPS) is 21.2. The molecule has 2 aliphatic heterocycles. The van der Waals surface area contributed by atoms with Crippen molar-refractivity contribution in [1.82, 2.24) is 9.80 Å². The van der Waals surface area contributed by atoms with E-state index in [0.717, 1.165) is 43.0 Å². The van der Waals surface area contributed by atoms with Gasteiger partial charge < -0.3 is 14.7 Å². The lowest BCUT2D eigenvalue weighted by atomic mass is 10.1. The molecule has 2 aliphatic rings. The number of rotatable bonds is 4. The first-order valence-electron chi connectivity index (χ1n) is 10.2. The van der Waals surface area contributed by atoms with Crippen LogP contribution in [-0.2, 0) is 21.2 Å². The number of hydrogen-bond donors (Lipinski definition) is 0. The molecule has 0 aliphatic carbocycles. The number of carbonyl (C=O) groups is 1. The molecule has 2 aromatic rings. The van der Waals surface area contributed by atoms with Crippen LogP contribution in [0.2, 0.25) is 0 Å². The molecular weight excluding hydrogens is 398 g/mol. The van der Waals surface area contributed by atoms with Crippen LogP contribution in [0.4, 0.5) is 5.69 Å². The second-order valence-electron chi connectivity index (χ2n) is 7.89. The van der Waals surface area contributed by atoms with Crippen molar-refractivity contribution >= 4 is 27.5 Å². The average molecular weight is 426 g/mol. The number of amides is 1. The maximum Gasteiger partial charge on any atom is 0.265 e. The maximum atomic E-state index is 13.1. The summed E-state index contributed by atoms with van der Waals surface area (Å²) in [5.74, 6) is -0.466. The van der Waals surface area contributed by atoms with Crippen molar-refractivity contribution in [3.63, 3.8) is 0 Å². The summed E-state index contributed by atoms with van der Waals surface area (Å²) in [6, 6.07) is 17.4. The molecule has 158 valence electrons. The van der Waals surface area contributed by atoms with Gasteiger partial charge in [-0.1, -0.05) is 48.5 Å². The van der Waals surface area contributed by atoms with Gasteiger partial charge in [0.25, 0.3) is 5.91 Å². The van der Waals surface area contributed by atoms with Gasteiger partial charge >= 0.3 is 0 Å². The molecule has 2 aromatic carbocycles. The summed E-state index contributed by atoms with van der Waals surface area (Å²) >= 11 is 0. The Morgan fingerprint density at radius 3 is 2.30 bits per heavy atom. The Hall–Kier alpha value is -2.64. The smallest absolute Gasteiger partial charge is 0.265 e. The third-order valence-corrected chi connectivity index (χ3v) is 7.43. The van der Waals surface area contributed by atoms with Crippen molar-refractivity contribution in [2.45, 2.75) is 6.54 Å². The molecule has 0 saturated carbocycles. The zero-order chi connectivity index (χ0) is 21.1. The van der Waals surface area contributed by atoms with E-state index in [1.165, 1.54) is 0 Å². The molecule has 0 bridgehead atoms. The molecule has 0 atom stereocenters. The summed E-state index contributed by atoms with van der Waals surface area (Å²) in [5, 5.41) is 0. The van der Waals surface area contributed by atoms with Gasteiger partial charge in [0.15, 0.2) is 9.84 Å². The van der Waals surface area contributed by atoms with Gasteiger partial charge in [-0.25, -0.2) is 8.42 Å². The Bertz CT molecular complexity index is 1040. The summed E-state index contributed by atoms with van der Waals surface area (Å²) in [7, 11) is -1.51. The van der Waals surface area contributed by atoms with E-state index in [0.29, 0.717) is 6.54 Å². The molecule has 7 heteroatoms. The van der Waals surface area contributed by atoms with Crippen molar-refractivity contribution in [3.05, 3.63) is 70.6 Å². The third-order valence-electron chi connectivity index (χ3n) is 5.75. The minimum absolute atomic E-state index is 0.0475. The quantitative estimate of drug-likeness (QED) is 0.703. The first-order valence-corrected chi connectivity index (χ1v) is 11.9. The van der Waals surface area contributed by atoms with Crippen LogP contribution in [-0.4, -0.2) is 69.6 Å². The topological polar surface area (TPSA) is 60.9 Å². The van der Waals surface area contributed by atoms with Crippen molar-refractivity contribution < 1.29 is 13.2 Å². The van der Waals surface area contributed by atoms with Crippen molar-refractivity contribution in [2.24, 2.45) is 0 Å². The molecule has 2 heterocycles. The summed E-state index contributed by atoms with van der Waals surface area (Å²) in [6.45, 7) is 4.27. The second kappa shape index (κ2) is 8.62. The number of piperazine rings is 1. The molecule has 6 nitrogen and oxygen atoms in total. The van der Waals surface area contributed by atoms with Crippen molar-refractivity contribution in [1.29, 1.82) is 0 Å². The van der Waals surface area contributed by atoms with Gasteiger partial charge in [0.1, 0.15) is 4.91 Å². The summed E-state index contributed by atoms with van der Waals surface area (Å²) in [4.78, 5) is 19.2. The van der Waals surface area contributed by atoms with Crippen molar-refractivity contribution in [2.75, 3.05) is 50.4 Å². The lowest BCUT2D eigenvalue weighted by Crippen LogP contribution is -2.45. The number of carbonyl (C=O) groups excluding carboxylic acids is 1. The summed E-state index contributed by atoms with van der Waals surface area (Å²) in [6.07, 6.45) is 1.57. The van der Waals surface area contributed by atoms with Gasteiger partial charge in [0.05, 0.1) is 5.75 Å². The number of likely N-dealkylation sites (N-methyl/N-ethyl adjacent to an activating group) is 1. The highest BCUT2D eigenvalue weighted by Gasteiger charge is 2.35. The van der Waals surface area contributed by atoms with E-state index < -0.39 is 15.7 Å². The number of anilines is 1. The van der Waals surface area contributed by atoms with Crippen LogP contribution < -0.4 is 4.90 Å². The Balaban J connectivity index is 1.65. The zero-order valence-electron chi connectivity index (χ0n) is 17.2. The standard InChI is InChI=1S/C23H27N3O3S/c1-24-11-13-25(14-12-24)21-10-6-5-9-20(21)17-22-23(27)26(15-16-30(22,28)29)18-19-7-3-2-4-8-19/h2-10,17H,11-16,18H2,1H3. The fourth-order valence-corrected chi connectivity index (χ4v) is 5.31. The van der Waals surface area contributed by atoms with Crippen LogP contribution in [0.3, 0.4) is 0 Å². The largest absolute Gasteiger partial charge is 0.368 e. The Kier molecular flexibility index (Phi) is 5.92. The molecule has 2 saturated heterocycles. The number of benzene rings is 2. The summed E-state index contributed by atoms with van der Waals surface area (Å²) < 4.78 is 25.6. The molecule has 0 aromatic heterocycles. The van der Waals surface area contributed by atoms with E-state index in [1.807, 2.05) is 54.6 Å². The molecule has 0 N–H and O–H groups in total. The highest BCUT2D eigenvalue weighted by Crippen LogP contribution is 2.28. The van der Waals surface area contributed by atoms with Crippen molar-refractivity contribution in [3.8, 4) is 0 Å². The van der Waals surface area contributed by atoms with Crippen LogP contribution in [0.1, 0.15) is 11.1 Å². The van der Waals surface area contributed by atoms with Gasteiger partial charge in [-0.05, 0) is 30.3 Å². The fraction of sp³-hybridized carbons (Fsp3) is 0.348. The lowest BCUT2D eigenvalue weighted by Gasteiger charge is -2.35. The van der Waals surface area contributed by atoms with E-state index in [4.69, 9.17) is 0 Å². The Morgan fingerprint density at radius 1 is 0.900 bits per heavy atom. The second-order valence-corrected chi connectivity index (χ2v) is 9.97. The number of nitrogens with zero attached hydrogens (tertiary/aromatic N) is 3. The predicted molar refractivity (Wildman–Crippen MR) is 120 cm³/mol. The highest BCUT2D eigenvalue weighted by atomic mass is 32.2. The Morgan fingerprint density at radius 2 is 1.57 bits per heavy atom. The minimum Gasteiger partial charge on any atom is -0.368 e. The van der Waals surface area contributed by atoms with E-state index in [-0.39, 0.29) is 17.2 Å². The Labute approximate surface area is 178 Å². The number of para-hydroxylation sites is 1. The monoisotopic (exact) mass is 425 g/mol. The van der Waals surface area contributed by atoms with E-state index in [1.54, 1.807) is 11.0 Å². The van der Waals surface area contributed by atoms with Gasteiger partial charge in [-0.2, -0.15) is 0 Å². The lowest BCUT2D eigenvalue weighted by molar-refractivity contribution is -0.127. The average Bonchev–Trinajstić information content (AvgIpc) is 2.75. The minimum atomic E-state index is -3.61. The first-order chi connectivity index (χ1) is 14.4. The SMILES string of the molecule is CN1CCN(c2ccccc2C=C2C(=O)N(Cc3ccccc3)CCS2(=O)=O)CC1. The number of sulfone groups is 1. The van der Waals surface area contributed by atoms with E-state index in [2.05, 4.69) is 16.8 Å². The van der Waals surface area contributed by atoms with Gasteiger partial charge in [0.2, 0.25) is 0 Å². The maximum absolute atomic E-state index is 13.1. The molecule has 30 heavy (non-hydrogen) atoms. The molecule has 1 amide bonds. The highest BCUT2D eigenvalue weighted by molar-refractivity contribution is 7.96. The van der Waals surface area contributed by atoms with Gasteiger partial charge in [-0.15, -0.1) is 0 Å². The summed E-state index contributed by atoms with van der Waals surface area (Å²) in [5.41, 5.74) is 2.74. The van der Waals surface area contributed by atoms with Crippen LogP contribution in [0.5, 0.6) is 0 Å². The van der Waals surface area contributed by atoms with E-state index >= 15 is 0 Å². The van der Waals surface area contributed by atoms with Gasteiger partial charge in [0, 0.05) is 45.0 Å². The van der Waals surface area contributed by atoms with Crippen LogP contribution in [0.15, 0.2) is 59.5 Å². The zero-order valence-corrected chi connectivity index (χ0v) is 18.0. The molecule has 0 unspecified atom stereocenters. The molecule has 4 rings (SSSR count). The number of hydrogen-bond acceptors (Lipinski definition) is 5. The van der Waals surface area contributed by atoms with Crippen LogP contribution in [0, 0.1) is 0 Å². The molecule has 0 spiro atoms. The third kappa shape index (κ3) is 4.42. The van der Waals surface area contributed by atoms with Crippen LogP contribution >= 0.6 is 0 Å². The predicted octanol–water partition coefficient (Wildman–Crippen LogP) is 2.24.